The summed E-state index contributed by atoms with van der Waals surface area (Å²) in [4.78, 5) is 110. The van der Waals surface area contributed by atoms with Crippen LogP contribution in [-0.2, 0) is 62.4 Å². The lowest BCUT2D eigenvalue weighted by Gasteiger charge is -2.27. The Kier molecular flexibility index (Phi) is 19.4. The zero-order valence-electron chi connectivity index (χ0n) is 38.4. The number of nitrogens with one attached hydrogen (secondary N) is 8. The van der Waals surface area contributed by atoms with Crippen LogP contribution in [0.2, 0.25) is 0 Å². The maximum Gasteiger partial charge on any atom is 0.328 e. The highest BCUT2D eigenvalue weighted by Crippen LogP contribution is 2.20. The molecule has 0 bridgehead atoms. The summed E-state index contributed by atoms with van der Waals surface area (Å²) < 4.78 is 4.90. The van der Waals surface area contributed by atoms with Crippen molar-refractivity contribution in [3.63, 3.8) is 0 Å². The molecule has 8 atom stereocenters. The topological polar surface area (TPSA) is 272 Å². The van der Waals surface area contributed by atoms with Crippen LogP contribution in [0.5, 0.6) is 0 Å². The summed E-state index contributed by atoms with van der Waals surface area (Å²) in [6.45, 7) is 9.49. The Morgan fingerprint density at radius 2 is 0.909 bits per heavy atom. The standard InChI is InChI=1S/C48H63N9O9/c1-27(2)22-37(45(62)52-31(6)44(61)57-40(48(65)66-7)24-33-18-12-9-13-19-33)54-43(60)30(5)53-46(63)39(25-34-26-50-36-21-15-14-20-35(34)36)56-47(64)38(23-32-16-10-8-11-17-32)55-42(59)29(4)51-41(58)28(3)49/h8-21,26-31,37-40,50H,22-25,49H2,1-7H3,(H,51,58)(H,52,62)(H,53,63)(H,54,60)(H,55,59)(H,56,64)(H,57,61)/t28-,29-,30-,31-,37-,38-,39-,40-/m0/s1. The summed E-state index contributed by atoms with van der Waals surface area (Å²) in [5.41, 5.74) is 8.63. The highest BCUT2D eigenvalue weighted by atomic mass is 16.5. The van der Waals surface area contributed by atoms with Gasteiger partial charge in [-0.15, -0.1) is 0 Å². The van der Waals surface area contributed by atoms with Crippen molar-refractivity contribution in [3.8, 4) is 0 Å². The van der Waals surface area contributed by atoms with Crippen LogP contribution in [0.15, 0.2) is 91.1 Å². The molecule has 0 saturated carbocycles. The number of para-hydroxylation sites is 1. The van der Waals surface area contributed by atoms with Gasteiger partial charge in [0.15, 0.2) is 0 Å². The van der Waals surface area contributed by atoms with Gasteiger partial charge in [-0.05, 0) is 62.8 Å². The van der Waals surface area contributed by atoms with Gasteiger partial charge in [0.1, 0.15) is 42.3 Å². The smallest absolute Gasteiger partial charge is 0.328 e. The van der Waals surface area contributed by atoms with Crippen molar-refractivity contribution in [2.75, 3.05) is 7.11 Å². The number of carbonyl (C=O) groups is 8. The summed E-state index contributed by atoms with van der Waals surface area (Å²) in [5.74, 6) is -5.45. The van der Waals surface area contributed by atoms with Crippen LogP contribution in [0.25, 0.3) is 10.9 Å². The lowest BCUT2D eigenvalue weighted by atomic mass is 10.0. The predicted octanol–water partition coefficient (Wildman–Crippen LogP) is 1.22. The van der Waals surface area contributed by atoms with E-state index in [0.29, 0.717) is 11.1 Å². The summed E-state index contributed by atoms with van der Waals surface area (Å²) in [6.07, 6.45) is 2.05. The lowest BCUT2D eigenvalue weighted by molar-refractivity contribution is -0.145. The number of fused-ring (bicyclic) bond motifs is 1. The molecule has 3 aromatic carbocycles. The van der Waals surface area contributed by atoms with Crippen LogP contribution >= 0.6 is 0 Å². The van der Waals surface area contributed by atoms with Crippen LogP contribution < -0.4 is 43.0 Å². The SMILES string of the molecule is COC(=O)[C@H](Cc1ccccc1)NC(=O)[C@H](C)NC(=O)[C@H](CC(C)C)NC(=O)[C@H](C)NC(=O)[C@H](Cc1c[nH]c2ccccc12)NC(=O)[C@H](Cc1ccccc1)NC(=O)[C@H](C)NC(=O)[C@H](C)N. The second-order valence-electron chi connectivity index (χ2n) is 16.8. The number of aromatic amines is 1. The first-order valence-electron chi connectivity index (χ1n) is 22.0. The number of H-pyrrole nitrogens is 1. The van der Waals surface area contributed by atoms with E-state index < -0.39 is 95.7 Å². The van der Waals surface area contributed by atoms with E-state index in [0.717, 1.165) is 16.5 Å². The van der Waals surface area contributed by atoms with E-state index in [1.165, 1.54) is 34.8 Å². The number of ether oxygens (including phenoxy) is 1. The second-order valence-corrected chi connectivity index (χ2v) is 16.8. The summed E-state index contributed by atoms with van der Waals surface area (Å²) in [6, 6.07) is 16.4. The van der Waals surface area contributed by atoms with Gasteiger partial charge in [0.25, 0.3) is 0 Å². The number of methoxy groups -OCH3 is 1. The molecule has 0 unspecified atom stereocenters. The fourth-order valence-corrected chi connectivity index (χ4v) is 7.01. The third kappa shape index (κ3) is 15.6. The molecule has 4 rings (SSSR count). The molecule has 66 heavy (non-hydrogen) atoms. The van der Waals surface area contributed by atoms with E-state index in [4.69, 9.17) is 10.5 Å². The minimum Gasteiger partial charge on any atom is -0.467 e. The summed E-state index contributed by atoms with van der Waals surface area (Å²) >= 11 is 0. The molecule has 4 aromatic rings. The molecule has 0 saturated heterocycles. The fourth-order valence-electron chi connectivity index (χ4n) is 7.01. The zero-order chi connectivity index (χ0) is 48.5. The van der Waals surface area contributed by atoms with Crippen LogP contribution in [0.3, 0.4) is 0 Å². The van der Waals surface area contributed by atoms with Gasteiger partial charge in [0, 0.05) is 36.4 Å². The molecule has 1 heterocycles. The number of hydrogen-bond acceptors (Lipinski definition) is 10. The van der Waals surface area contributed by atoms with Crippen molar-refractivity contribution >= 4 is 58.2 Å². The van der Waals surface area contributed by atoms with Crippen molar-refractivity contribution < 1.29 is 43.1 Å². The monoisotopic (exact) mass is 909 g/mol. The van der Waals surface area contributed by atoms with Gasteiger partial charge in [0.2, 0.25) is 41.4 Å². The number of carbonyl (C=O) groups excluding carboxylic acids is 8. The summed E-state index contributed by atoms with van der Waals surface area (Å²) in [5, 5.41) is 19.5. The van der Waals surface area contributed by atoms with Gasteiger partial charge >= 0.3 is 5.97 Å². The number of hydrogen-bond donors (Lipinski definition) is 9. The molecule has 0 fully saturated rings. The quantitative estimate of drug-likeness (QED) is 0.0480. The second kappa shape index (κ2) is 24.8. The van der Waals surface area contributed by atoms with Crippen LogP contribution in [-0.4, -0.2) is 108 Å². The molecule has 0 spiro atoms. The average Bonchev–Trinajstić information content (AvgIpc) is 3.70. The minimum atomic E-state index is -1.28. The van der Waals surface area contributed by atoms with Gasteiger partial charge in [-0.25, -0.2) is 4.79 Å². The Balaban J connectivity index is 1.50. The molecule has 0 aliphatic heterocycles. The Labute approximate surface area is 384 Å². The summed E-state index contributed by atoms with van der Waals surface area (Å²) in [7, 11) is 1.21. The molecule has 0 radical (unpaired) electrons. The third-order valence-corrected chi connectivity index (χ3v) is 10.7. The number of aromatic nitrogens is 1. The van der Waals surface area contributed by atoms with E-state index in [1.807, 2.05) is 44.2 Å². The minimum absolute atomic E-state index is 0.0245. The number of amides is 7. The van der Waals surface area contributed by atoms with Crippen molar-refractivity contribution in [1.29, 1.82) is 0 Å². The first kappa shape index (κ1) is 51.6. The maximum absolute atomic E-state index is 14.2. The van der Waals surface area contributed by atoms with Gasteiger partial charge in [-0.1, -0.05) is 92.7 Å². The molecule has 0 aliphatic carbocycles. The van der Waals surface area contributed by atoms with Crippen molar-refractivity contribution in [2.45, 2.75) is 116 Å². The maximum atomic E-state index is 14.2. The fraction of sp³-hybridized carbons (Fsp3) is 0.417. The molecular weight excluding hydrogens is 847 g/mol. The molecule has 0 aliphatic rings. The Morgan fingerprint density at radius 3 is 1.42 bits per heavy atom. The highest BCUT2D eigenvalue weighted by Gasteiger charge is 2.33. The zero-order valence-corrected chi connectivity index (χ0v) is 38.4. The molecule has 1 aromatic heterocycles. The molecular formula is C48H63N9O9. The largest absolute Gasteiger partial charge is 0.467 e. The number of rotatable bonds is 23. The van der Waals surface area contributed by atoms with Crippen LogP contribution in [0, 0.1) is 5.92 Å². The van der Waals surface area contributed by atoms with Crippen molar-refractivity contribution in [3.05, 3.63) is 108 Å². The van der Waals surface area contributed by atoms with E-state index in [1.54, 1.807) is 60.8 Å². The Bertz CT molecular complexity index is 2300. The number of benzene rings is 3. The average molecular weight is 910 g/mol. The third-order valence-electron chi connectivity index (χ3n) is 10.7. The molecule has 7 amide bonds. The van der Waals surface area contributed by atoms with Crippen LogP contribution in [0.1, 0.15) is 64.7 Å². The van der Waals surface area contributed by atoms with Crippen LogP contribution in [0.4, 0.5) is 0 Å². The van der Waals surface area contributed by atoms with E-state index in [9.17, 15) is 38.4 Å². The van der Waals surface area contributed by atoms with Gasteiger partial charge < -0.3 is 52.7 Å². The molecule has 10 N–H and O–H groups in total. The van der Waals surface area contributed by atoms with Gasteiger partial charge in [-0.2, -0.15) is 0 Å². The molecule has 18 heteroatoms. The molecule has 18 nitrogen and oxygen atoms in total. The van der Waals surface area contributed by atoms with Gasteiger partial charge in [-0.3, -0.25) is 33.6 Å². The first-order valence-corrected chi connectivity index (χ1v) is 22.0. The van der Waals surface area contributed by atoms with Crippen molar-refractivity contribution in [1.82, 2.24) is 42.2 Å². The normalized spacial score (nSPS) is 14.7. The number of esters is 1. The lowest BCUT2D eigenvalue weighted by Crippen LogP contribution is -2.60. The van der Waals surface area contributed by atoms with E-state index in [2.05, 4.69) is 42.2 Å². The Morgan fingerprint density at radius 1 is 0.500 bits per heavy atom. The first-order chi connectivity index (χ1) is 31.4. The van der Waals surface area contributed by atoms with E-state index in [-0.39, 0.29) is 31.6 Å². The number of nitrogens with two attached hydrogens (primary N) is 1. The Hall–Kier alpha value is -7.08. The predicted molar refractivity (Wildman–Crippen MR) is 248 cm³/mol. The van der Waals surface area contributed by atoms with Gasteiger partial charge in [0.05, 0.1) is 13.2 Å². The highest BCUT2D eigenvalue weighted by molar-refractivity contribution is 5.98. The van der Waals surface area contributed by atoms with Crippen molar-refractivity contribution in [2.24, 2.45) is 11.7 Å². The molecule has 354 valence electrons. The van der Waals surface area contributed by atoms with E-state index >= 15 is 0 Å².